The largest absolute Gasteiger partial charge is 0.394 e. The minimum Gasteiger partial charge on any atom is -0.394 e. The van der Waals surface area contributed by atoms with E-state index in [0.717, 1.165) is 51.4 Å². The molecule has 1 fully saturated rings. The molecule has 0 aliphatic carbocycles. The first-order valence-corrected chi connectivity index (χ1v) is 25.9. The number of carbonyl (C=O) groups excluding carboxylic acids is 1. The van der Waals surface area contributed by atoms with E-state index in [9.17, 15) is 30.3 Å². The van der Waals surface area contributed by atoms with Crippen molar-refractivity contribution in [1.29, 1.82) is 0 Å². The lowest BCUT2D eigenvalue weighted by Gasteiger charge is -2.40. The number of amides is 1. The van der Waals surface area contributed by atoms with Crippen molar-refractivity contribution in [3.05, 3.63) is 48.6 Å². The van der Waals surface area contributed by atoms with Gasteiger partial charge in [0.2, 0.25) is 5.91 Å². The minimum absolute atomic E-state index is 0.182. The first-order valence-electron chi connectivity index (χ1n) is 25.9. The second-order valence-electron chi connectivity index (χ2n) is 18.0. The monoisotopic (exact) mass is 876 g/mol. The van der Waals surface area contributed by atoms with Crippen LogP contribution in [0.25, 0.3) is 0 Å². The molecule has 9 heteroatoms. The number of unbranched alkanes of at least 4 members (excludes halogenated alkanes) is 27. The van der Waals surface area contributed by atoms with Gasteiger partial charge in [-0.2, -0.15) is 0 Å². The maximum Gasteiger partial charge on any atom is 0.220 e. The summed E-state index contributed by atoms with van der Waals surface area (Å²) in [6, 6.07) is -0.807. The highest BCUT2D eigenvalue weighted by Crippen LogP contribution is 2.23. The Balaban J connectivity index is 2.26. The molecule has 1 heterocycles. The Morgan fingerprint density at radius 2 is 0.952 bits per heavy atom. The molecule has 0 spiro atoms. The first kappa shape index (κ1) is 58.2. The van der Waals surface area contributed by atoms with Crippen molar-refractivity contribution in [3.8, 4) is 0 Å². The average Bonchev–Trinajstić information content (AvgIpc) is 3.27. The molecule has 0 radical (unpaired) electrons. The SMILES string of the molecule is CCCCCCC/C=C\C/C=C\C/C=C\CCCCCCCCCCCCC(=O)NC(COC1OC(CO)C(O)C(O)C1O)C(O)/C=C/CCCCCCCCCCCCCC. The lowest BCUT2D eigenvalue weighted by molar-refractivity contribution is -0.302. The van der Waals surface area contributed by atoms with Crippen molar-refractivity contribution in [2.75, 3.05) is 13.2 Å². The van der Waals surface area contributed by atoms with Crippen molar-refractivity contribution in [1.82, 2.24) is 5.32 Å². The Bertz CT molecular complexity index is 1110. The predicted molar refractivity (Wildman–Crippen MR) is 258 cm³/mol. The lowest BCUT2D eigenvalue weighted by atomic mass is 9.99. The zero-order valence-electron chi connectivity index (χ0n) is 39.9. The number of allylic oxidation sites excluding steroid dienone is 7. The Morgan fingerprint density at radius 3 is 1.40 bits per heavy atom. The van der Waals surface area contributed by atoms with Crippen LogP contribution in [0.3, 0.4) is 0 Å². The fourth-order valence-electron chi connectivity index (χ4n) is 7.99. The summed E-state index contributed by atoms with van der Waals surface area (Å²) in [5.41, 5.74) is 0. The Kier molecular flexibility index (Phi) is 40.4. The van der Waals surface area contributed by atoms with Crippen molar-refractivity contribution in [2.24, 2.45) is 0 Å². The molecule has 0 saturated carbocycles. The summed E-state index contributed by atoms with van der Waals surface area (Å²) in [5, 5.41) is 54.3. The van der Waals surface area contributed by atoms with E-state index < -0.39 is 49.5 Å². The lowest BCUT2D eigenvalue weighted by Crippen LogP contribution is -2.60. The van der Waals surface area contributed by atoms with E-state index in [1.54, 1.807) is 6.08 Å². The molecule has 9 nitrogen and oxygen atoms in total. The van der Waals surface area contributed by atoms with Crippen LogP contribution >= 0.6 is 0 Å². The zero-order chi connectivity index (χ0) is 45.1. The smallest absolute Gasteiger partial charge is 0.220 e. The van der Waals surface area contributed by atoms with Crippen LogP contribution in [0.2, 0.25) is 0 Å². The van der Waals surface area contributed by atoms with Crippen molar-refractivity contribution < 1.29 is 39.8 Å². The second kappa shape index (κ2) is 43.1. The highest BCUT2D eigenvalue weighted by atomic mass is 16.7. The molecule has 7 unspecified atom stereocenters. The number of aliphatic hydroxyl groups is 5. The van der Waals surface area contributed by atoms with Crippen LogP contribution in [0.15, 0.2) is 48.6 Å². The maximum atomic E-state index is 13.0. The third-order valence-corrected chi connectivity index (χ3v) is 12.1. The summed E-state index contributed by atoms with van der Waals surface area (Å²) in [6.07, 6.45) is 48.7. The van der Waals surface area contributed by atoms with Crippen LogP contribution in [0.1, 0.15) is 226 Å². The van der Waals surface area contributed by atoms with Gasteiger partial charge in [0.15, 0.2) is 6.29 Å². The summed E-state index contributed by atoms with van der Waals surface area (Å²) in [7, 11) is 0. The number of ether oxygens (including phenoxy) is 2. The van der Waals surface area contributed by atoms with Crippen LogP contribution in [0, 0.1) is 0 Å². The van der Waals surface area contributed by atoms with Gasteiger partial charge in [-0.3, -0.25) is 4.79 Å². The van der Waals surface area contributed by atoms with Crippen LogP contribution < -0.4 is 5.32 Å². The molecule has 1 amide bonds. The predicted octanol–water partition coefficient (Wildman–Crippen LogP) is 11.8. The fourth-order valence-corrected chi connectivity index (χ4v) is 7.99. The fraction of sp³-hybridized carbons (Fsp3) is 0.830. The normalized spacial score (nSPS) is 20.7. The van der Waals surface area contributed by atoms with Gasteiger partial charge in [0.05, 0.1) is 25.4 Å². The van der Waals surface area contributed by atoms with E-state index in [0.29, 0.717) is 6.42 Å². The van der Waals surface area contributed by atoms with Gasteiger partial charge in [-0.05, 0) is 57.8 Å². The summed E-state index contributed by atoms with van der Waals surface area (Å²) < 4.78 is 11.2. The number of hydrogen-bond acceptors (Lipinski definition) is 8. The minimum atomic E-state index is -1.57. The quantitative estimate of drug-likeness (QED) is 0.0262. The van der Waals surface area contributed by atoms with E-state index >= 15 is 0 Å². The summed E-state index contributed by atoms with van der Waals surface area (Å²) in [6.45, 7) is 3.76. The molecule has 1 saturated heterocycles. The van der Waals surface area contributed by atoms with Gasteiger partial charge in [0.25, 0.3) is 0 Å². The number of rotatable bonds is 43. The van der Waals surface area contributed by atoms with Crippen LogP contribution in [-0.4, -0.2) is 87.5 Å². The van der Waals surface area contributed by atoms with Gasteiger partial charge < -0.3 is 40.3 Å². The molecule has 0 aromatic carbocycles. The van der Waals surface area contributed by atoms with E-state index in [1.807, 2.05) is 6.08 Å². The molecule has 0 aromatic rings. The summed E-state index contributed by atoms with van der Waals surface area (Å²) in [5.74, 6) is -0.182. The van der Waals surface area contributed by atoms with E-state index in [-0.39, 0.29) is 12.5 Å². The molecule has 1 rings (SSSR count). The standard InChI is InChI=1S/C53H97NO8/c1-3-5-7-9-11-13-15-17-19-20-21-22-23-24-25-26-27-28-29-31-33-35-37-39-41-43-49(57)54-46(45-61-53-52(60)51(59)50(58)48(44-55)62-53)47(56)42-40-38-36-34-32-30-18-16-14-12-10-8-6-4-2/h15,17,20-21,23-24,40,42,46-48,50-53,55-56,58-60H,3-14,16,18-19,22,25-39,41,43-45H2,1-2H3,(H,54,57)/b17-15-,21-20-,24-23-,42-40+. The molecule has 1 aliphatic heterocycles. The van der Waals surface area contributed by atoms with Gasteiger partial charge in [0, 0.05) is 6.42 Å². The van der Waals surface area contributed by atoms with Crippen molar-refractivity contribution in [3.63, 3.8) is 0 Å². The van der Waals surface area contributed by atoms with E-state index in [1.165, 1.54) is 154 Å². The number of carbonyl (C=O) groups is 1. The van der Waals surface area contributed by atoms with Crippen molar-refractivity contribution >= 4 is 5.91 Å². The molecule has 362 valence electrons. The molecular weight excluding hydrogens is 779 g/mol. The molecule has 1 aliphatic rings. The summed E-state index contributed by atoms with van der Waals surface area (Å²) in [4.78, 5) is 13.0. The van der Waals surface area contributed by atoms with Gasteiger partial charge >= 0.3 is 0 Å². The maximum absolute atomic E-state index is 13.0. The average molecular weight is 876 g/mol. The summed E-state index contributed by atoms with van der Waals surface area (Å²) >= 11 is 0. The molecule has 0 aromatic heterocycles. The first-order chi connectivity index (χ1) is 30.3. The molecule has 62 heavy (non-hydrogen) atoms. The van der Waals surface area contributed by atoms with Crippen LogP contribution in [-0.2, 0) is 14.3 Å². The Labute approximate surface area is 380 Å². The second-order valence-corrected chi connectivity index (χ2v) is 18.0. The Morgan fingerprint density at radius 1 is 0.548 bits per heavy atom. The highest BCUT2D eigenvalue weighted by molar-refractivity contribution is 5.76. The molecule has 6 N–H and O–H groups in total. The van der Waals surface area contributed by atoms with E-state index in [4.69, 9.17) is 9.47 Å². The van der Waals surface area contributed by atoms with Gasteiger partial charge in [0.1, 0.15) is 24.4 Å². The molecule has 0 bridgehead atoms. The zero-order valence-corrected chi connectivity index (χ0v) is 39.9. The number of nitrogens with one attached hydrogen (secondary N) is 1. The van der Waals surface area contributed by atoms with Gasteiger partial charge in [-0.25, -0.2) is 0 Å². The van der Waals surface area contributed by atoms with Crippen LogP contribution in [0.5, 0.6) is 0 Å². The molecular formula is C53H97NO8. The van der Waals surface area contributed by atoms with E-state index in [2.05, 4.69) is 55.6 Å². The number of hydrogen-bond donors (Lipinski definition) is 6. The highest BCUT2D eigenvalue weighted by Gasteiger charge is 2.44. The number of aliphatic hydroxyl groups excluding tert-OH is 5. The Hall–Kier alpha value is -1.85. The van der Waals surface area contributed by atoms with Crippen LogP contribution in [0.4, 0.5) is 0 Å². The van der Waals surface area contributed by atoms with Crippen molar-refractivity contribution in [2.45, 2.75) is 269 Å². The third-order valence-electron chi connectivity index (χ3n) is 12.1. The third kappa shape index (κ3) is 32.8. The van der Waals surface area contributed by atoms with Gasteiger partial charge in [-0.15, -0.1) is 0 Å². The topological polar surface area (TPSA) is 149 Å². The molecule has 7 atom stereocenters. The van der Waals surface area contributed by atoms with Gasteiger partial charge in [-0.1, -0.05) is 210 Å².